The van der Waals surface area contributed by atoms with Crippen molar-refractivity contribution in [3.63, 3.8) is 0 Å². The molecule has 31 heavy (non-hydrogen) atoms. The van der Waals surface area contributed by atoms with Gasteiger partial charge in [-0.05, 0) is 36.4 Å². The van der Waals surface area contributed by atoms with Crippen LogP contribution in [0, 0.1) is 0 Å². The Morgan fingerprint density at radius 1 is 0.935 bits per heavy atom. The zero-order valence-electron chi connectivity index (χ0n) is 16.3. The van der Waals surface area contributed by atoms with Crippen molar-refractivity contribution in [2.45, 2.75) is 6.42 Å². The number of nitrogens with one attached hydrogen (secondary N) is 1. The number of hydrogen-bond acceptors (Lipinski definition) is 7. The first-order valence-electron chi connectivity index (χ1n) is 9.60. The molecule has 1 amide bonds. The van der Waals surface area contributed by atoms with E-state index in [0.717, 1.165) is 10.9 Å². The van der Waals surface area contributed by atoms with Crippen molar-refractivity contribution in [1.82, 2.24) is 25.1 Å². The van der Waals surface area contributed by atoms with E-state index >= 15 is 0 Å². The number of benzene rings is 1. The van der Waals surface area contributed by atoms with Gasteiger partial charge in [-0.3, -0.25) is 14.8 Å². The maximum Gasteiger partial charge on any atom is 0.231 e. The third-order valence-corrected chi connectivity index (χ3v) is 4.63. The third kappa shape index (κ3) is 3.99. The molecule has 0 fully saturated rings. The molecule has 5 aromatic rings. The van der Waals surface area contributed by atoms with E-state index in [0.29, 0.717) is 34.3 Å². The lowest BCUT2D eigenvalue weighted by molar-refractivity contribution is -0.115. The summed E-state index contributed by atoms with van der Waals surface area (Å²) in [4.78, 5) is 30.3. The molecule has 1 aromatic carbocycles. The molecule has 0 bridgehead atoms. The summed E-state index contributed by atoms with van der Waals surface area (Å²) in [5.74, 6) is 0.512. The van der Waals surface area contributed by atoms with E-state index in [1.54, 1.807) is 24.7 Å². The molecule has 0 aliphatic heterocycles. The van der Waals surface area contributed by atoms with Gasteiger partial charge in [0.2, 0.25) is 5.91 Å². The molecular weight excluding hydrogens is 392 g/mol. The van der Waals surface area contributed by atoms with Gasteiger partial charge < -0.3 is 9.84 Å². The van der Waals surface area contributed by atoms with Crippen LogP contribution in [-0.4, -0.2) is 31.0 Å². The zero-order valence-corrected chi connectivity index (χ0v) is 16.3. The fraction of sp³-hybridized carbons (Fsp3) is 0.0435. The minimum Gasteiger partial charge on any atom is -0.356 e. The Bertz CT molecular complexity index is 1290. The van der Waals surface area contributed by atoms with Crippen LogP contribution in [0.2, 0.25) is 0 Å². The van der Waals surface area contributed by atoms with E-state index < -0.39 is 0 Å². The van der Waals surface area contributed by atoms with Crippen molar-refractivity contribution in [3.8, 4) is 22.8 Å². The number of carbonyl (C=O) groups is 1. The van der Waals surface area contributed by atoms with E-state index in [2.05, 4.69) is 30.4 Å². The highest BCUT2D eigenvalue weighted by molar-refractivity contribution is 5.94. The Kier molecular flexibility index (Phi) is 4.86. The Hall–Kier alpha value is -4.46. The van der Waals surface area contributed by atoms with Crippen LogP contribution >= 0.6 is 0 Å². The SMILES string of the molecule is O=C(Cc1noc2ccccc12)Nc1cc(-c2cccnc2)nc(-c2ccccn2)n1. The van der Waals surface area contributed by atoms with Crippen molar-refractivity contribution in [2.75, 3.05) is 5.32 Å². The van der Waals surface area contributed by atoms with Crippen LogP contribution in [0.5, 0.6) is 0 Å². The number of para-hydroxylation sites is 1. The average molecular weight is 408 g/mol. The van der Waals surface area contributed by atoms with Crippen molar-refractivity contribution >= 4 is 22.7 Å². The molecule has 5 rings (SSSR count). The number of pyridine rings is 2. The smallest absolute Gasteiger partial charge is 0.231 e. The molecule has 150 valence electrons. The Morgan fingerprint density at radius 2 is 1.84 bits per heavy atom. The number of aromatic nitrogens is 5. The van der Waals surface area contributed by atoms with Gasteiger partial charge in [0, 0.05) is 35.6 Å². The van der Waals surface area contributed by atoms with Crippen LogP contribution in [-0.2, 0) is 11.2 Å². The topological polar surface area (TPSA) is 107 Å². The first kappa shape index (κ1) is 18.6. The van der Waals surface area contributed by atoms with Crippen molar-refractivity contribution in [2.24, 2.45) is 0 Å². The molecule has 8 heteroatoms. The van der Waals surface area contributed by atoms with Crippen molar-refractivity contribution in [1.29, 1.82) is 0 Å². The first-order valence-corrected chi connectivity index (χ1v) is 9.60. The first-order chi connectivity index (χ1) is 15.3. The van der Waals surface area contributed by atoms with Crippen molar-refractivity contribution in [3.05, 3.63) is 84.9 Å². The standard InChI is InChI=1S/C23H16N6O2/c30-22(13-19-16-7-1-2-9-20(16)31-29-19)27-21-12-18(15-6-5-10-24-14-15)26-23(28-21)17-8-3-4-11-25-17/h1-12,14H,13H2,(H,26,27,28,30). The van der Waals surface area contributed by atoms with Crippen LogP contribution < -0.4 is 5.32 Å². The van der Waals surface area contributed by atoms with Gasteiger partial charge in [-0.25, -0.2) is 9.97 Å². The van der Waals surface area contributed by atoms with Gasteiger partial charge in [0.25, 0.3) is 0 Å². The van der Waals surface area contributed by atoms with E-state index in [9.17, 15) is 4.79 Å². The van der Waals surface area contributed by atoms with Crippen LogP contribution in [0.25, 0.3) is 33.7 Å². The van der Waals surface area contributed by atoms with Gasteiger partial charge in [-0.2, -0.15) is 0 Å². The highest BCUT2D eigenvalue weighted by Gasteiger charge is 2.15. The summed E-state index contributed by atoms with van der Waals surface area (Å²) in [5, 5.41) is 7.68. The molecule has 0 saturated carbocycles. The van der Waals surface area contributed by atoms with Gasteiger partial charge in [0.1, 0.15) is 17.2 Å². The highest BCUT2D eigenvalue weighted by atomic mass is 16.5. The largest absolute Gasteiger partial charge is 0.356 e. The van der Waals surface area contributed by atoms with Crippen LogP contribution in [0.4, 0.5) is 5.82 Å². The number of rotatable bonds is 5. The predicted octanol–water partition coefficient (Wildman–Crippen LogP) is 3.92. The summed E-state index contributed by atoms with van der Waals surface area (Å²) in [6, 6.07) is 18.3. The Labute approximate surface area is 177 Å². The summed E-state index contributed by atoms with van der Waals surface area (Å²) in [6.07, 6.45) is 5.12. The van der Waals surface area contributed by atoms with Gasteiger partial charge >= 0.3 is 0 Å². The lowest BCUT2D eigenvalue weighted by atomic mass is 10.1. The quantitative estimate of drug-likeness (QED) is 0.470. The molecule has 4 heterocycles. The fourth-order valence-electron chi connectivity index (χ4n) is 3.19. The average Bonchev–Trinajstić information content (AvgIpc) is 3.23. The molecule has 0 unspecified atom stereocenters. The molecule has 0 aliphatic rings. The summed E-state index contributed by atoms with van der Waals surface area (Å²) in [6.45, 7) is 0. The molecule has 0 radical (unpaired) electrons. The minimum atomic E-state index is -0.262. The second-order valence-electron chi connectivity index (χ2n) is 6.77. The number of fused-ring (bicyclic) bond motifs is 1. The minimum absolute atomic E-state index is 0.0577. The van der Waals surface area contributed by atoms with Crippen LogP contribution in [0.1, 0.15) is 5.69 Å². The number of hydrogen-bond donors (Lipinski definition) is 1. The van der Waals surface area contributed by atoms with E-state index in [1.807, 2.05) is 54.6 Å². The zero-order chi connectivity index (χ0) is 21.0. The molecule has 0 spiro atoms. The predicted molar refractivity (Wildman–Crippen MR) is 115 cm³/mol. The monoisotopic (exact) mass is 408 g/mol. The number of amides is 1. The second-order valence-corrected chi connectivity index (χ2v) is 6.77. The number of nitrogens with zero attached hydrogens (tertiary/aromatic N) is 5. The second kappa shape index (κ2) is 8.11. The van der Waals surface area contributed by atoms with Gasteiger partial charge in [-0.1, -0.05) is 23.4 Å². The van der Waals surface area contributed by atoms with Crippen LogP contribution in [0.3, 0.4) is 0 Å². The lowest BCUT2D eigenvalue weighted by Crippen LogP contribution is -2.16. The van der Waals surface area contributed by atoms with Gasteiger partial charge in [0.05, 0.1) is 12.1 Å². The highest BCUT2D eigenvalue weighted by Crippen LogP contribution is 2.23. The molecule has 8 nitrogen and oxygen atoms in total. The Balaban J connectivity index is 1.47. The molecular formula is C23H16N6O2. The third-order valence-electron chi connectivity index (χ3n) is 4.63. The fourth-order valence-corrected chi connectivity index (χ4v) is 3.19. The van der Waals surface area contributed by atoms with Crippen molar-refractivity contribution < 1.29 is 9.32 Å². The van der Waals surface area contributed by atoms with E-state index in [-0.39, 0.29) is 12.3 Å². The maximum absolute atomic E-state index is 12.7. The summed E-state index contributed by atoms with van der Waals surface area (Å²) < 4.78 is 5.28. The normalized spacial score (nSPS) is 10.8. The van der Waals surface area contributed by atoms with Gasteiger partial charge in [0.15, 0.2) is 11.4 Å². The number of anilines is 1. The van der Waals surface area contributed by atoms with Gasteiger partial charge in [-0.15, -0.1) is 0 Å². The molecule has 0 saturated heterocycles. The van der Waals surface area contributed by atoms with E-state index in [1.165, 1.54) is 0 Å². The number of carbonyl (C=O) groups excluding carboxylic acids is 1. The lowest BCUT2D eigenvalue weighted by Gasteiger charge is -2.09. The van der Waals surface area contributed by atoms with Crippen LogP contribution in [0.15, 0.2) is 83.8 Å². The Morgan fingerprint density at radius 3 is 2.68 bits per heavy atom. The molecule has 4 aromatic heterocycles. The molecule has 0 atom stereocenters. The molecule has 0 aliphatic carbocycles. The summed E-state index contributed by atoms with van der Waals surface area (Å²) in [5.41, 5.74) is 3.25. The van der Waals surface area contributed by atoms with E-state index in [4.69, 9.17) is 4.52 Å². The molecule has 1 N–H and O–H groups in total. The summed E-state index contributed by atoms with van der Waals surface area (Å²) >= 11 is 0. The summed E-state index contributed by atoms with van der Waals surface area (Å²) in [7, 11) is 0. The maximum atomic E-state index is 12.7.